The van der Waals surface area contributed by atoms with Crippen LogP contribution in [0.3, 0.4) is 0 Å². The van der Waals surface area contributed by atoms with Crippen molar-refractivity contribution in [1.29, 1.82) is 0 Å². The zero-order chi connectivity index (χ0) is 25.6. The van der Waals surface area contributed by atoms with E-state index in [0.717, 1.165) is 38.5 Å². The minimum absolute atomic E-state index is 0. The molecule has 8 atom stereocenters. The second-order valence-electron chi connectivity index (χ2n) is 13.7. The van der Waals surface area contributed by atoms with Gasteiger partial charge in [-0.15, -0.1) is 6.58 Å². The molecule has 0 aromatic heterocycles. The second-order valence-corrected chi connectivity index (χ2v) is 13.7. The van der Waals surface area contributed by atoms with Crippen molar-refractivity contribution in [2.75, 3.05) is 0 Å². The maximum atomic E-state index is 12.4. The number of allylic oxidation sites excluding steroid dienone is 1. The Morgan fingerprint density at radius 1 is 1.00 bits per heavy atom. The van der Waals surface area contributed by atoms with E-state index in [-0.39, 0.29) is 29.1 Å². The largest absolute Gasteiger partial charge is 0.481 e. The molecule has 0 spiro atoms. The molecule has 35 heavy (non-hydrogen) atoms. The number of hydrogen-bond acceptors (Lipinski definition) is 2. The van der Waals surface area contributed by atoms with Gasteiger partial charge >= 0.3 is 5.97 Å². The van der Waals surface area contributed by atoms with Crippen molar-refractivity contribution >= 4 is 12.3 Å². The quantitative estimate of drug-likeness (QED) is 0.310. The van der Waals surface area contributed by atoms with Crippen LogP contribution in [0.15, 0.2) is 12.7 Å². The molecular weight excluding hydrogens is 432 g/mol. The molecule has 4 aliphatic rings. The molecule has 4 saturated carbocycles. The molecule has 0 aromatic rings. The molecule has 0 radical (unpaired) electrons. The van der Waals surface area contributed by atoms with Gasteiger partial charge in [0.25, 0.3) is 0 Å². The fourth-order valence-corrected chi connectivity index (χ4v) is 10.5. The molecule has 0 aliphatic heterocycles. The molecule has 202 valence electrons. The van der Waals surface area contributed by atoms with E-state index in [4.69, 9.17) is 0 Å². The van der Waals surface area contributed by atoms with E-state index in [2.05, 4.69) is 48.1 Å². The molecule has 3 nitrogen and oxygen atoms in total. The fourth-order valence-electron chi connectivity index (χ4n) is 10.5. The van der Waals surface area contributed by atoms with Crippen LogP contribution in [-0.2, 0) is 9.59 Å². The van der Waals surface area contributed by atoms with Crippen LogP contribution in [0, 0.1) is 50.7 Å². The van der Waals surface area contributed by atoms with Gasteiger partial charge in [0, 0.05) is 5.41 Å². The van der Waals surface area contributed by atoms with Gasteiger partial charge in [-0.2, -0.15) is 0 Å². The first-order valence-corrected chi connectivity index (χ1v) is 14.1. The number of fused-ring (bicyclic) bond motifs is 5. The third-order valence-electron chi connectivity index (χ3n) is 12.0. The van der Waals surface area contributed by atoms with Gasteiger partial charge in [-0.3, -0.25) is 4.79 Å². The zero-order valence-electron chi connectivity index (χ0n) is 23.2. The molecule has 1 N–H and O–H groups in total. The number of hydrogen-bond donors (Lipinski definition) is 1. The predicted octanol–water partition coefficient (Wildman–Crippen LogP) is 8.96. The average molecular weight is 489 g/mol. The number of carbonyl (C=O) groups excluding carboxylic acids is 1. The molecule has 0 aromatic carbocycles. The Bertz CT molecular complexity index is 786. The standard InChI is InChI=1S/C28H46O3.C3H6.CH4/c1-7-13-25(4)21(24(2,3)18-29)12-15-27(6)22(25)11-10-19-20-9-8-14-28(20,23(30)31)17-16-26(19,27)5;1-3-2;/h18-22H,7-17H2,1-6H3,(H,30,31);3H,1H2,2H3;1H4/t19?,20?,21?,22?,25?,26-,27?,28?;;/m1../s1. The molecule has 0 heterocycles. The maximum Gasteiger partial charge on any atom is 0.309 e. The lowest BCUT2D eigenvalue weighted by atomic mass is 9.33. The first kappa shape index (κ1) is 30.1. The molecule has 7 unspecified atom stereocenters. The second kappa shape index (κ2) is 10.3. The highest BCUT2D eigenvalue weighted by Crippen LogP contribution is 2.75. The summed E-state index contributed by atoms with van der Waals surface area (Å²) in [7, 11) is 0. The van der Waals surface area contributed by atoms with E-state index in [1.165, 1.54) is 38.4 Å². The van der Waals surface area contributed by atoms with Gasteiger partial charge in [0.15, 0.2) is 0 Å². The Labute approximate surface area is 216 Å². The molecule has 4 aliphatic carbocycles. The summed E-state index contributed by atoms with van der Waals surface area (Å²) in [5, 5.41) is 10.2. The fraction of sp³-hybridized carbons (Fsp3) is 0.875. The molecular formula is C32H56O3. The maximum absolute atomic E-state index is 12.4. The zero-order valence-corrected chi connectivity index (χ0v) is 23.2. The van der Waals surface area contributed by atoms with Crippen LogP contribution in [0.4, 0.5) is 0 Å². The van der Waals surface area contributed by atoms with Gasteiger partial charge in [0.2, 0.25) is 0 Å². The number of carbonyl (C=O) groups is 2. The summed E-state index contributed by atoms with van der Waals surface area (Å²) in [6, 6.07) is 0. The van der Waals surface area contributed by atoms with E-state index < -0.39 is 11.4 Å². The highest BCUT2D eigenvalue weighted by Gasteiger charge is 2.69. The van der Waals surface area contributed by atoms with E-state index in [1.807, 2.05) is 6.92 Å². The van der Waals surface area contributed by atoms with Crippen LogP contribution >= 0.6 is 0 Å². The third-order valence-corrected chi connectivity index (χ3v) is 12.0. The van der Waals surface area contributed by atoms with Gasteiger partial charge in [0.1, 0.15) is 6.29 Å². The smallest absolute Gasteiger partial charge is 0.309 e. The van der Waals surface area contributed by atoms with E-state index in [0.29, 0.717) is 23.7 Å². The van der Waals surface area contributed by atoms with Crippen molar-refractivity contribution in [1.82, 2.24) is 0 Å². The lowest BCUT2D eigenvalue weighted by Crippen LogP contribution is -2.65. The first-order valence-electron chi connectivity index (χ1n) is 14.1. The Hall–Kier alpha value is -1.12. The van der Waals surface area contributed by atoms with Gasteiger partial charge in [0.05, 0.1) is 5.41 Å². The van der Waals surface area contributed by atoms with Crippen LogP contribution in [-0.4, -0.2) is 17.4 Å². The third kappa shape index (κ3) is 4.25. The summed E-state index contributed by atoms with van der Waals surface area (Å²) in [6.45, 7) is 19.5. The summed E-state index contributed by atoms with van der Waals surface area (Å²) in [6.07, 6.45) is 15.1. The minimum atomic E-state index is -0.517. The van der Waals surface area contributed by atoms with Crippen molar-refractivity contribution in [3.05, 3.63) is 12.7 Å². The highest BCUT2D eigenvalue weighted by atomic mass is 16.4. The minimum Gasteiger partial charge on any atom is -0.481 e. The van der Waals surface area contributed by atoms with Crippen LogP contribution < -0.4 is 0 Å². The number of rotatable bonds is 5. The van der Waals surface area contributed by atoms with Gasteiger partial charge in [-0.25, -0.2) is 0 Å². The van der Waals surface area contributed by atoms with Crippen molar-refractivity contribution in [3.63, 3.8) is 0 Å². The lowest BCUT2D eigenvalue weighted by molar-refractivity contribution is -0.227. The summed E-state index contributed by atoms with van der Waals surface area (Å²) in [5.74, 6) is 1.45. The topological polar surface area (TPSA) is 54.4 Å². The number of aliphatic carboxylic acids is 1. The van der Waals surface area contributed by atoms with Crippen LogP contribution in [0.25, 0.3) is 0 Å². The van der Waals surface area contributed by atoms with Gasteiger partial charge < -0.3 is 9.90 Å². The summed E-state index contributed by atoms with van der Waals surface area (Å²) in [4.78, 5) is 24.6. The van der Waals surface area contributed by atoms with Crippen molar-refractivity contribution in [3.8, 4) is 0 Å². The average Bonchev–Trinajstić information content (AvgIpc) is 3.20. The molecule has 4 rings (SSSR count). The van der Waals surface area contributed by atoms with Crippen molar-refractivity contribution in [2.24, 2.45) is 50.7 Å². The summed E-state index contributed by atoms with van der Waals surface area (Å²) >= 11 is 0. The lowest BCUT2D eigenvalue weighted by Gasteiger charge is -2.71. The monoisotopic (exact) mass is 488 g/mol. The summed E-state index contributed by atoms with van der Waals surface area (Å²) < 4.78 is 0. The van der Waals surface area contributed by atoms with E-state index in [9.17, 15) is 14.7 Å². The molecule has 0 amide bonds. The number of carboxylic acid groups (broad SMARTS) is 1. The molecule has 3 heteroatoms. The van der Waals surface area contributed by atoms with E-state index >= 15 is 0 Å². The van der Waals surface area contributed by atoms with Crippen LogP contribution in [0.5, 0.6) is 0 Å². The predicted molar refractivity (Wildman–Crippen MR) is 147 cm³/mol. The Kier molecular flexibility index (Phi) is 8.88. The first-order chi connectivity index (χ1) is 15.8. The van der Waals surface area contributed by atoms with Gasteiger partial charge in [-0.05, 0) is 105 Å². The van der Waals surface area contributed by atoms with Crippen LogP contribution in [0.2, 0.25) is 0 Å². The Morgan fingerprint density at radius 3 is 2.17 bits per heavy atom. The van der Waals surface area contributed by atoms with Gasteiger partial charge in [-0.1, -0.05) is 67.9 Å². The van der Waals surface area contributed by atoms with E-state index in [1.54, 1.807) is 6.08 Å². The van der Waals surface area contributed by atoms with Crippen molar-refractivity contribution in [2.45, 2.75) is 127 Å². The Balaban J connectivity index is 0.00000103. The molecule has 4 fully saturated rings. The summed E-state index contributed by atoms with van der Waals surface area (Å²) in [5.41, 5.74) is -0.0921. The number of aldehydes is 1. The SMILES string of the molecule is C.C=CC.CCCC1(C)C(C(C)(C)C=O)CCC2(C)C1CCC1C3CCCC3(C(=O)O)CC[C@]12C. The molecule has 0 bridgehead atoms. The molecule has 0 saturated heterocycles. The van der Waals surface area contributed by atoms with Crippen molar-refractivity contribution < 1.29 is 14.7 Å². The highest BCUT2D eigenvalue weighted by molar-refractivity contribution is 5.76. The Morgan fingerprint density at radius 2 is 1.63 bits per heavy atom. The number of carboxylic acids is 1. The normalized spacial score (nSPS) is 44.3. The van der Waals surface area contributed by atoms with Crippen LogP contribution in [0.1, 0.15) is 127 Å².